The van der Waals surface area contributed by atoms with Crippen molar-refractivity contribution >= 4 is 17.5 Å². The second kappa shape index (κ2) is 7.31. The fraction of sp³-hybridized carbons (Fsp3) is 0.556. The summed E-state index contributed by atoms with van der Waals surface area (Å²) in [7, 11) is 5.01. The molecule has 4 rings (SSSR count). The lowest BCUT2D eigenvalue weighted by atomic mass is 9.95. The summed E-state index contributed by atoms with van der Waals surface area (Å²) in [6.45, 7) is 1.66. The van der Waals surface area contributed by atoms with Crippen molar-refractivity contribution in [2.45, 2.75) is 18.9 Å². The minimum absolute atomic E-state index is 0.00784. The van der Waals surface area contributed by atoms with E-state index in [1.807, 2.05) is 11.9 Å². The number of ether oxygens (including phenoxy) is 2. The third kappa shape index (κ3) is 3.87. The van der Waals surface area contributed by atoms with Gasteiger partial charge in [-0.15, -0.1) is 0 Å². The number of methoxy groups -OCH3 is 2. The number of carbonyl (C=O) groups excluding carboxylic acids is 2. The lowest BCUT2D eigenvalue weighted by molar-refractivity contribution is -0.138. The summed E-state index contributed by atoms with van der Waals surface area (Å²) >= 11 is 0. The van der Waals surface area contributed by atoms with Gasteiger partial charge in [-0.25, -0.2) is 0 Å². The Labute approximate surface area is 147 Å². The summed E-state index contributed by atoms with van der Waals surface area (Å²) in [5.41, 5.74) is 0.632. The minimum Gasteiger partial charge on any atom is -0.497 e. The van der Waals surface area contributed by atoms with Crippen molar-refractivity contribution in [3.8, 4) is 11.5 Å². The van der Waals surface area contributed by atoms with Crippen molar-refractivity contribution in [3.63, 3.8) is 0 Å². The molecule has 2 amide bonds. The number of likely N-dealkylation sites (N-methyl/N-ethyl adjacent to an activating group) is 1. The topological polar surface area (TPSA) is 71.1 Å². The molecule has 7 nitrogen and oxygen atoms in total. The first-order valence-corrected chi connectivity index (χ1v) is 8.52. The Morgan fingerprint density at radius 1 is 1.16 bits per heavy atom. The molecule has 0 aromatic heterocycles. The molecule has 2 bridgehead atoms. The first-order valence-electron chi connectivity index (χ1n) is 8.52. The maximum atomic E-state index is 12.5. The lowest BCUT2D eigenvalue weighted by Gasteiger charge is -2.32. The number of anilines is 1. The molecule has 1 aromatic rings. The predicted octanol–water partition coefficient (Wildman–Crippen LogP) is 1.19. The molecule has 3 saturated heterocycles. The molecule has 3 fully saturated rings. The summed E-state index contributed by atoms with van der Waals surface area (Å²) < 4.78 is 10.4. The predicted molar refractivity (Wildman–Crippen MR) is 93.9 cm³/mol. The van der Waals surface area contributed by atoms with Crippen LogP contribution < -0.4 is 14.8 Å². The van der Waals surface area contributed by atoms with Crippen molar-refractivity contribution < 1.29 is 19.1 Å². The Hall–Kier alpha value is -2.28. The molecule has 0 aliphatic carbocycles. The summed E-state index contributed by atoms with van der Waals surface area (Å²) in [6, 6.07) is 5.47. The monoisotopic (exact) mass is 347 g/mol. The van der Waals surface area contributed by atoms with Crippen molar-refractivity contribution in [2.75, 3.05) is 46.2 Å². The molecular formula is C18H25N3O4. The van der Waals surface area contributed by atoms with Crippen molar-refractivity contribution in [1.29, 1.82) is 0 Å². The number of hydrogen-bond acceptors (Lipinski definition) is 5. The van der Waals surface area contributed by atoms with Crippen LogP contribution in [0, 0.1) is 5.92 Å². The van der Waals surface area contributed by atoms with Gasteiger partial charge in [0.25, 0.3) is 0 Å². The van der Waals surface area contributed by atoms with E-state index < -0.39 is 0 Å². The zero-order chi connectivity index (χ0) is 18.0. The van der Waals surface area contributed by atoms with Gasteiger partial charge >= 0.3 is 0 Å². The standard InChI is InChI=1S/C18H25N3O4/c1-20-14-5-4-12(18(20)23)9-21(10-14)11-17(22)19-13-6-15(24-2)8-16(7-13)25-3/h6-8,12,14H,4-5,9-11H2,1-3H3,(H,19,22). The minimum atomic E-state index is -0.105. The molecule has 0 saturated carbocycles. The number of nitrogens with zero attached hydrogens (tertiary/aromatic N) is 2. The number of rotatable bonds is 5. The number of nitrogens with one attached hydrogen (secondary N) is 1. The van der Waals surface area contributed by atoms with Crippen LogP contribution in [-0.2, 0) is 9.59 Å². The second-order valence-corrected chi connectivity index (χ2v) is 6.72. The Bertz CT molecular complexity index is 641. The van der Waals surface area contributed by atoms with Gasteiger partial charge in [-0.2, -0.15) is 0 Å². The fourth-order valence-corrected chi connectivity index (χ4v) is 3.66. The first-order chi connectivity index (χ1) is 12.0. The maximum Gasteiger partial charge on any atom is 0.238 e. The Balaban J connectivity index is 1.64. The Morgan fingerprint density at radius 2 is 1.84 bits per heavy atom. The van der Waals surface area contributed by atoms with Gasteiger partial charge in [0.1, 0.15) is 11.5 Å². The number of hydrogen-bond donors (Lipinski definition) is 1. The van der Waals surface area contributed by atoms with E-state index in [0.29, 0.717) is 23.7 Å². The molecule has 3 heterocycles. The van der Waals surface area contributed by atoms with Crippen LogP contribution in [0.5, 0.6) is 11.5 Å². The normalized spacial score (nSPS) is 23.3. The summed E-state index contributed by atoms with van der Waals surface area (Å²) in [4.78, 5) is 28.6. The van der Waals surface area contributed by atoms with E-state index in [-0.39, 0.29) is 30.3 Å². The third-order valence-corrected chi connectivity index (χ3v) is 5.04. The molecule has 0 radical (unpaired) electrons. The Kier molecular flexibility index (Phi) is 5.13. The second-order valence-electron chi connectivity index (χ2n) is 6.72. The lowest BCUT2D eigenvalue weighted by Crippen LogP contribution is -2.45. The van der Waals surface area contributed by atoms with Crippen LogP contribution in [0.3, 0.4) is 0 Å². The van der Waals surface area contributed by atoms with E-state index in [2.05, 4.69) is 10.2 Å². The van der Waals surface area contributed by atoms with Gasteiger partial charge < -0.3 is 19.7 Å². The van der Waals surface area contributed by atoms with Crippen LogP contribution in [0.4, 0.5) is 5.69 Å². The number of benzene rings is 1. The van der Waals surface area contributed by atoms with Crippen molar-refractivity contribution in [2.24, 2.45) is 5.92 Å². The number of piperidine rings is 1. The van der Waals surface area contributed by atoms with Gasteiger partial charge in [0.15, 0.2) is 0 Å². The van der Waals surface area contributed by atoms with Gasteiger partial charge in [-0.05, 0) is 12.8 Å². The smallest absolute Gasteiger partial charge is 0.238 e. The summed E-state index contributed by atoms with van der Waals surface area (Å²) in [5.74, 6) is 1.35. The molecule has 3 aliphatic heterocycles. The number of fused-ring (bicyclic) bond motifs is 4. The van der Waals surface area contributed by atoms with E-state index in [1.165, 1.54) is 0 Å². The molecule has 7 heteroatoms. The quantitative estimate of drug-likeness (QED) is 0.866. The van der Waals surface area contributed by atoms with Crippen LogP contribution in [0.25, 0.3) is 0 Å². The zero-order valence-corrected chi connectivity index (χ0v) is 14.9. The number of carbonyl (C=O) groups is 2. The van der Waals surface area contributed by atoms with Gasteiger partial charge in [0.2, 0.25) is 11.8 Å². The molecule has 3 aliphatic rings. The number of amides is 2. The van der Waals surface area contributed by atoms with E-state index in [9.17, 15) is 9.59 Å². The van der Waals surface area contributed by atoms with Crippen LogP contribution in [0.15, 0.2) is 18.2 Å². The largest absolute Gasteiger partial charge is 0.497 e. The highest BCUT2D eigenvalue weighted by molar-refractivity contribution is 5.92. The van der Waals surface area contributed by atoms with Gasteiger partial charge in [-0.1, -0.05) is 0 Å². The third-order valence-electron chi connectivity index (χ3n) is 5.04. The molecule has 0 spiro atoms. The Morgan fingerprint density at radius 3 is 2.48 bits per heavy atom. The van der Waals surface area contributed by atoms with Crippen LogP contribution in [0.2, 0.25) is 0 Å². The van der Waals surface area contributed by atoms with Crippen LogP contribution in [0.1, 0.15) is 12.8 Å². The average molecular weight is 347 g/mol. The SMILES string of the molecule is COc1cc(NC(=O)CN2CC3CCC(C2)N(C)C3=O)cc(OC)c1. The van der Waals surface area contributed by atoms with Crippen molar-refractivity contribution in [1.82, 2.24) is 9.80 Å². The molecular weight excluding hydrogens is 322 g/mol. The molecule has 1 N–H and O–H groups in total. The highest BCUT2D eigenvalue weighted by Crippen LogP contribution is 2.28. The van der Waals surface area contributed by atoms with Gasteiger partial charge in [0, 0.05) is 50.1 Å². The molecule has 2 unspecified atom stereocenters. The summed E-state index contributed by atoms with van der Waals surface area (Å²) in [5, 5.41) is 2.89. The maximum absolute atomic E-state index is 12.5. The van der Waals surface area contributed by atoms with E-state index >= 15 is 0 Å². The molecule has 2 atom stereocenters. The average Bonchev–Trinajstić information content (AvgIpc) is 2.86. The summed E-state index contributed by atoms with van der Waals surface area (Å²) in [6.07, 6.45) is 1.93. The van der Waals surface area contributed by atoms with E-state index in [4.69, 9.17) is 9.47 Å². The molecule has 136 valence electrons. The fourth-order valence-electron chi connectivity index (χ4n) is 3.66. The first kappa shape index (κ1) is 17.5. The van der Waals surface area contributed by atoms with E-state index in [0.717, 1.165) is 19.4 Å². The highest BCUT2D eigenvalue weighted by Gasteiger charge is 2.39. The highest BCUT2D eigenvalue weighted by atomic mass is 16.5. The van der Waals surface area contributed by atoms with Gasteiger partial charge in [0.05, 0.1) is 26.7 Å². The van der Waals surface area contributed by atoms with E-state index in [1.54, 1.807) is 32.4 Å². The molecule has 1 aromatic carbocycles. The molecule has 25 heavy (non-hydrogen) atoms. The zero-order valence-electron chi connectivity index (χ0n) is 14.9. The van der Waals surface area contributed by atoms with Crippen LogP contribution >= 0.6 is 0 Å². The van der Waals surface area contributed by atoms with Gasteiger partial charge in [-0.3, -0.25) is 14.5 Å². The van der Waals surface area contributed by atoms with Crippen molar-refractivity contribution in [3.05, 3.63) is 18.2 Å². The van der Waals surface area contributed by atoms with Crippen LogP contribution in [-0.4, -0.2) is 68.6 Å².